The zero-order valence-corrected chi connectivity index (χ0v) is 15.2. The van der Waals surface area contributed by atoms with Gasteiger partial charge in [-0.25, -0.2) is 4.39 Å². The van der Waals surface area contributed by atoms with Gasteiger partial charge in [0.1, 0.15) is 19.0 Å². The molecule has 3 rings (SSSR count). The molecule has 0 fully saturated rings. The Bertz CT molecular complexity index is 822. The number of halogens is 2. The molecule has 0 aliphatic carbocycles. The highest BCUT2D eigenvalue weighted by molar-refractivity contribution is 9.10. The smallest absolute Gasteiger partial charge is 0.244 e. The van der Waals surface area contributed by atoms with Gasteiger partial charge < -0.3 is 14.8 Å². The first kappa shape index (κ1) is 17.5. The molecule has 0 bridgehead atoms. The Balaban J connectivity index is 1.70. The molecule has 1 atom stereocenters. The summed E-state index contributed by atoms with van der Waals surface area (Å²) < 4.78 is 25.5. The maximum atomic E-state index is 13.6. The van der Waals surface area contributed by atoms with Gasteiger partial charge in [0.15, 0.2) is 11.5 Å². The highest BCUT2D eigenvalue weighted by atomic mass is 79.9. The Labute approximate surface area is 153 Å². The van der Waals surface area contributed by atoms with Crippen LogP contribution in [-0.4, -0.2) is 19.1 Å². The maximum absolute atomic E-state index is 13.6. The van der Waals surface area contributed by atoms with E-state index in [2.05, 4.69) is 21.2 Å². The lowest BCUT2D eigenvalue weighted by Gasteiger charge is -2.22. The first-order valence-corrected chi connectivity index (χ1v) is 8.66. The molecule has 0 saturated heterocycles. The molecule has 1 unspecified atom stereocenters. The highest BCUT2D eigenvalue weighted by Gasteiger charge is 2.18. The van der Waals surface area contributed by atoms with Crippen LogP contribution >= 0.6 is 15.9 Å². The number of benzene rings is 2. The summed E-state index contributed by atoms with van der Waals surface area (Å²) in [5.74, 6) is 0.666. The van der Waals surface area contributed by atoms with Gasteiger partial charge in [0, 0.05) is 16.1 Å². The van der Waals surface area contributed by atoms with Crippen molar-refractivity contribution in [2.24, 2.45) is 0 Å². The summed E-state index contributed by atoms with van der Waals surface area (Å²) in [6, 6.07) is 9.71. The molecular formula is C19H17BrFNO3. The van der Waals surface area contributed by atoms with Crippen molar-refractivity contribution in [3.63, 3.8) is 0 Å². The molecule has 2 aromatic carbocycles. The molecule has 130 valence electrons. The fraction of sp³-hybridized carbons (Fsp3) is 0.211. The van der Waals surface area contributed by atoms with Crippen LogP contribution in [0.3, 0.4) is 0 Å². The first-order chi connectivity index (χ1) is 12.0. The largest absolute Gasteiger partial charge is 0.486 e. The van der Waals surface area contributed by atoms with E-state index in [1.165, 1.54) is 18.2 Å². The molecule has 1 amide bonds. The minimum absolute atomic E-state index is 0.261. The third-order valence-electron chi connectivity index (χ3n) is 3.81. The van der Waals surface area contributed by atoms with Crippen LogP contribution in [0.4, 0.5) is 4.39 Å². The second-order valence-corrected chi connectivity index (χ2v) is 6.46. The molecule has 0 spiro atoms. The van der Waals surface area contributed by atoms with Crippen molar-refractivity contribution in [2.45, 2.75) is 13.0 Å². The number of carbonyl (C=O) groups is 1. The number of carbonyl (C=O) groups excluding carboxylic acids is 1. The molecule has 0 radical (unpaired) electrons. The van der Waals surface area contributed by atoms with Gasteiger partial charge in [-0.1, -0.05) is 34.1 Å². The van der Waals surface area contributed by atoms with Crippen molar-refractivity contribution in [1.82, 2.24) is 5.32 Å². The molecule has 6 heteroatoms. The number of rotatable bonds is 4. The summed E-state index contributed by atoms with van der Waals surface area (Å²) in [6.07, 6.45) is 2.77. The second-order valence-electron chi connectivity index (χ2n) is 5.60. The minimum Gasteiger partial charge on any atom is -0.486 e. The Morgan fingerprint density at radius 1 is 1.24 bits per heavy atom. The lowest BCUT2D eigenvalue weighted by Crippen LogP contribution is -2.25. The Hall–Kier alpha value is -2.34. The van der Waals surface area contributed by atoms with Gasteiger partial charge in [-0.05, 0) is 36.8 Å². The van der Waals surface area contributed by atoms with Crippen molar-refractivity contribution in [3.05, 3.63) is 63.9 Å². The van der Waals surface area contributed by atoms with Gasteiger partial charge >= 0.3 is 0 Å². The number of fused-ring (bicyclic) bond motifs is 1. The molecule has 1 N–H and O–H groups in total. The van der Waals surface area contributed by atoms with Crippen LogP contribution in [0.1, 0.15) is 24.1 Å². The van der Waals surface area contributed by atoms with E-state index in [-0.39, 0.29) is 17.8 Å². The van der Waals surface area contributed by atoms with E-state index in [1.807, 2.05) is 19.1 Å². The number of hydrogen-bond donors (Lipinski definition) is 1. The molecule has 0 aromatic heterocycles. The number of amides is 1. The first-order valence-electron chi connectivity index (χ1n) is 7.87. The topological polar surface area (TPSA) is 47.6 Å². The summed E-state index contributed by atoms with van der Waals surface area (Å²) in [5.41, 5.74) is 1.24. The predicted octanol–water partition coefficient (Wildman–Crippen LogP) is 4.25. The van der Waals surface area contributed by atoms with Crippen molar-refractivity contribution < 1.29 is 18.7 Å². The molecular weight excluding hydrogens is 389 g/mol. The zero-order chi connectivity index (χ0) is 17.8. The molecule has 4 nitrogen and oxygen atoms in total. The SMILES string of the molecule is CC(NC(=O)/C=C/c1ccccc1F)c1cc2c(cc1Br)OCCO2. The summed E-state index contributed by atoms with van der Waals surface area (Å²) in [4.78, 5) is 12.1. The molecule has 0 saturated carbocycles. The number of ether oxygens (including phenoxy) is 2. The quantitative estimate of drug-likeness (QED) is 0.773. The predicted molar refractivity (Wildman–Crippen MR) is 97.1 cm³/mol. The van der Waals surface area contributed by atoms with E-state index in [0.29, 0.717) is 30.3 Å². The van der Waals surface area contributed by atoms with E-state index in [4.69, 9.17) is 9.47 Å². The van der Waals surface area contributed by atoms with E-state index in [1.54, 1.807) is 18.2 Å². The Kier molecular flexibility index (Phi) is 5.38. The van der Waals surface area contributed by atoms with Crippen molar-refractivity contribution in [3.8, 4) is 11.5 Å². The van der Waals surface area contributed by atoms with Crippen molar-refractivity contribution in [1.29, 1.82) is 0 Å². The van der Waals surface area contributed by atoms with Crippen LogP contribution in [0.2, 0.25) is 0 Å². The summed E-state index contributed by atoms with van der Waals surface area (Å²) in [6.45, 7) is 2.89. The van der Waals surface area contributed by atoms with Crippen molar-refractivity contribution in [2.75, 3.05) is 13.2 Å². The molecule has 25 heavy (non-hydrogen) atoms. The van der Waals surface area contributed by atoms with Gasteiger partial charge in [-0.15, -0.1) is 0 Å². The summed E-state index contributed by atoms with van der Waals surface area (Å²) in [7, 11) is 0. The van der Waals surface area contributed by atoms with Gasteiger partial charge in [0.2, 0.25) is 5.91 Å². The highest BCUT2D eigenvalue weighted by Crippen LogP contribution is 2.37. The van der Waals surface area contributed by atoms with Crippen LogP contribution in [0.15, 0.2) is 46.9 Å². The minimum atomic E-state index is -0.367. The van der Waals surface area contributed by atoms with Crippen molar-refractivity contribution >= 4 is 27.9 Å². The normalized spacial score (nSPS) is 14.4. The third-order valence-corrected chi connectivity index (χ3v) is 4.49. The third kappa shape index (κ3) is 4.20. The van der Waals surface area contributed by atoms with E-state index < -0.39 is 0 Å². The zero-order valence-electron chi connectivity index (χ0n) is 13.6. The van der Waals surface area contributed by atoms with Crippen LogP contribution in [0.25, 0.3) is 6.08 Å². The van der Waals surface area contributed by atoms with Gasteiger partial charge in [-0.3, -0.25) is 4.79 Å². The lowest BCUT2D eigenvalue weighted by atomic mass is 10.1. The van der Waals surface area contributed by atoms with E-state index >= 15 is 0 Å². The summed E-state index contributed by atoms with van der Waals surface area (Å²) in [5, 5.41) is 2.86. The number of nitrogens with one attached hydrogen (secondary N) is 1. The lowest BCUT2D eigenvalue weighted by molar-refractivity contribution is -0.117. The fourth-order valence-corrected chi connectivity index (χ4v) is 3.19. The molecule has 1 heterocycles. The average Bonchev–Trinajstić information content (AvgIpc) is 2.60. The average molecular weight is 406 g/mol. The van der Waals surface area contributed by atoms with E-state index in [0.717, 1.165) is 10.0 Å². The standard InChI is InChI=1S/C19H17BrFNO3/c1-12(14-10-17-18(11-15(14)20)25-9-8-24-17)22-19(23)7-6-13-4-2-3-5-16(13)21/h2-7,10-12H,8-9H2,1H3,(H,22,23)/b7-6+. The fourth-order valence-electron chi connectivity index (χ4n) is 2.53. The van der Waals surface area contributed by atoms with Gasteiger partial charge in [-0.2, -0.15) is 0 Å². The van der Waals surface area contributed by atoms with Crippen LogP contribution in [0, 0.1) is 5.82 Å². The second kappa shape index (κ2) is 7.70. The number of hydrogen-bond acceptors (Lipinski definition) is 3. The van der Waals surface area contributed by atoms with Crippen LogP contribution in [-0.2, 0) is 4.79 Å². The van der Waals surface area contributed by atoms with Gasteiger partial charge in [0.05, 0.1) is 6.04 Å². The monoisotopic (exact) mass is 405 g/mol. The maximum Gasteiger partial charge on any atom is 0.244 e. The summed E-state index contributed by atoms with van der Waals surface area (Å²) >= 11 is 3.50. The van der Waals surface area contributed by atoms with E-state index in [9.17, 15) is 9.18 Å². The Morgan fingerprint density at radius 3 is 2.64 bits per heavy atom. The Morgan fingerprint density at radius 2 is 1.92 bits per heavy atom. The molecule has 2 aromatic rings. The van der Waals surface area contributed by atoms with Crippen LogP contribution in [0.5, 0.6) is 11.5 Å². The molecule has 1 aliphatic rings. The van der Waals surface area contributed by atoms with Gasteiger partial charge in [0.25, 0.3) is 0 Å². The molecule has 1 aliphatic heterocycles. The van der Waals surface area contributed by atoms with Crippen LogP contribution < -0.4 is 14.8 Å².